The molecule has 0 spiro atoms. The highest BCUT2D eigenvalue weighted by Gasteiger charge is 2.50. The van der Waals surface area contributed by atoms with Crippen LogP contribution in [0.3, 0.4) is 0 Å². The van der Waals surface area contributed by atoms with Gasteiger partial charge in [-0.25, -0.2) is 0 Å². The Hall–Kier alpha value is -0.940. The van der Waals surface area contributed by atoms with Crippen LogP contribution in [0.5, 0.6) is 0 Å². The first-order valence-electron chi connectivity index (χ1n) is 12.4. The summed E-state index contributed by atoms with van der Waals surface area (Å²) in [6.45, 7) is 10.5. The zero-order chi connectivity index (χ0) is 22.8. The molecule has 3 fully saturated rings. The van der Waals surface area contributed by atoms with E-state index in [1.807, 2.05) is 0 Å². The number of rotatable bonds is 7. The molecular weight excluding hydrogens is 388 g/mol. The molecule has 0 aromatic carbocycles. The van der Waals surface area contributed by atoms with Crippen LogP contribution >= 0.6 is 0 Å². The van der Waals surface area contributed by atoms with Crippen molar-refractivity contribution in [1.82, 2.24) is 0 Å². The summed E-state index contributed by atoms with van der Waals surface area (Å²) in [7, 11) is 0. The van der Waals surface area contributed by atoms with Crippen molar-refractivity contribution in [1.29, 1.82) is 0 Å². The summed E-state index contributed by atoms with van der Waals surface area (Å²) in [6.07, 6.45) is 13.1. The third-order valence-corrected chi connectivity index (χ3v) is 8.70. The fourth-order valence-corrected chi connectivity index (χ4v) is 6.76. The van der Waals surface area contributed by atoms with Gasteiger partial charge in [0.15, 0.2) is 0 Å². The van der Waals surface area contributed by atoms with E-state index in [0.29, 0.717) is 42.4 Å². The van der Waals surface area contributed by atoms with E-state index in [-0.39, 0.29) is 6.61 Å². The average Bonchev–Trinajstić information content (AvgIpc) is 3.07. The van der Waals surface area contributed by atoms with Gasteiger partial charge < -0.3 is 20.4 Å². The molecule has 176 valence electrons. The summed E-state index contributed by atoms with van der Waals surface area (Å²) in [6, 6.07) is 0. The predicted molar refractivity (Wildman–Crippen MR) is 125 cm³/mol. The summed E-state index contributed by atoms with van der Waals surface area (Å²) in [5, 5.41) is 39.5. The summed E-state index contributed by atoms with van der Waals surface area (Å²) in [4.78, 5) is 0. The highest BCUT2D eigenvalue weighted by Crippen LogP contribution is 2.60. The third-order valence-electron chi connectivity index (χ3n) is 8.70. The van der Waals surface area contributed by atoms with E-state index >= 15 is 0 Å². The Kier molecular flexibility index (Phi) is 7.89. The zero-order valence-electron chi connectivity index (χ0n) is 19.8. The van der Waals surface area contributed by atoms with Gasteiger partial charge in [0.1, 0.15) is 0 Å². The fraction of sp³-hybridized carbons (Fsp3) is 0.778. The van der Waals surface area contributed by atoms with Crippen LogP contribution in [0.4, 0.5) is 0 Å². The van der Waals surface area contributed by atoms with Crippen LogP contribution in [0.25, 0.3) is 0 Å². The Bertz CT molecular complexity index is 706. The van der Waals surface area contributed by atoms with Crippen molar-refractivity contribution in [3.8, 4) is 0 Å². The fourth-order valence-electron chi connectivity index (χ4n) is 6.76. The SMILES string of the molecule is C=C1/C(=C\C=C2/CCC[C@]3(C)[C@@H]([C@H](C)CCC[C@@](C)(O)CO)CC[C@@H]23)C[C@@H](O)C[C@@H]1O. The number of aliphatic hydroxyl groups is 4. The first kappa shape index (κ1) is 24.7. The minimum absolute atomic E-state index is 0.172. The lowest BCUT2D eigenvalue weighted by atomic mass is 9.60. The largest absolute Gasteiger partial charge is 0.393 e. The van der Waals surface area contributed by atoms with Gasteiger partial charge in [-0.3, -0.25) is 0 Å². The number of allylic oxidation sites excluding steroid dienone is 3. The minimum Gasteiger partial charge on any atom is -0.393 e. The van der Waals surface area contributed by atoms with Crippen LogP contribution in [0, 0.1) is 23.2 Å². The van der Waals surface area contributed by atoms with Gasteiger partial charge in [0.05, 0.1) is 24.4 Å². The number of aliphatic hydroxyl groups excluding tert-OH is 3. The summed E-state index contributed by atoms with van der Waals surface area (Å²) < 4.78 is 0. The average molecular weight is 433 g/mol. The molecule has 0 radical (unpaired) electrons. The maximum Gasteiger partial charge on any atom is 0.0849 e. The molecule has 31 heavy (non-hydrogen) atoms. The molecule has 3 rings (SSSR count). The monoisotopic (exact) mass is 432 g/mol. The maximum absolute atomic E-state index is 10.1. The first-order chi connectivity index (χ1) is 14.6. The quantitative estimate of drug-likeness (QED) is 0.471. The van der Waals surface area contributed by atoms with Gasteiger partial charge in [-0.15, -0.1) is 0 Å². The normalized spacial score (nSPS) is 39.5. The molecule has 0 amide bonds. The standard InChI is InChI=1S/C27H44O4/c1-18(7-5-13-26(3,31)17-28)23-11-12-24-20(8-6-14-27(23,24)4)9-10-21-15-22(29)16-25(30)19(21)2/h9-10,18,22-25,28-31H,2,5-8,11-17H2,1,3-4H3/b20-9+,21-10-/t18-,22-,23-,24+,25+,26-,27-/m1/s1. The lowest BCUT2D eigenvalue weighted by Gasteiger charge is -2.44. The summed E-state index contributed by atoms with van der Waals surface area (Å²) >= 11 is 0. The summed E-state index contributed by atoms with van der Waals surface area (Å²) in [5.41, 5.74) is 2.65. The molecule has 0 aliphatic heterocycles. The van der Waals surface area contributed by atoms with Gasteiger partial charge in [0.2, 0.25) is 0 Å². The van der Waals surface area contributed by atoms with E-state index in [0.717, 1.165) is 30.4 Å². The van der Waals surface area contributed by atoms with Gasteiger partial charge in [0.25, 0.3) is 0 Å². The van der Waals surface area contributed by atoms with Crippen molar-refractivity contribution < 1.29 is 20.4 Å². The molecule has 7 atom stereocenters. The highest BCUT2D eigenvalue weighted by molar-refractivity contribution is 5.38. The van der Waals surface area contributed by atoms with Crippen LogP contribution in [-0.2, 0) is 0 Å². The second-order valence-electron chi connectivity index (χ2n) is 11.2. The smallest absolute Gasteiger partial charge is 0.0849 e. The molecule has 0 aromatic rings. The van der Waals surface area contributed by atoms with E-state index in [9.17, 15) is 20.4 Å². The molecule has 0 heterocycles. The van der Waals surface area contributed by atoms with Crippen molar-refractivity contribution >= 4 is 0 Å². The predicted octanol–water partition coefficient (Wildman–Crippen LogP) is 4.68. The van der Waals surface area contributed by atoms with Gasteiger partial charge >= 0.3 is 0 Å². The minimum atomic E-state index is -0.958. The van der Waals surface area contributed by atoms with Crippen molar-refractivity contribution in [3.05, 3.63) is 35.5 Å². The van der Waals surface area contributed by atoms with Crippen LogP contribution in [0.2, 0.25) is 0 Å². The van der Waals surface area contributed by atoms with Crippen molar-refractivity contribution in [2.45, 2.75) is 103 Å². The lowest BCUT2D eigenvalue weighted by Crippen LogP contribution is -2.36. The number of hydrogen-bond acceptors (Lipinski definition) is 4. The molecule has 0 bridgehead atoms. The molecule has 4 nitrogen and oxygen atoms in total. The Morgan fingerprint density at radius 1 is 1.26 bits per heavy atom. The second kappa shape index (κ2) is 9.91. The second-order valence-corrected chi connectivity index (χ2v) is 11.2. The zero-order valence-corrected chi connectivity index (χ0v) is 19.8. The molecule has 3 aliphatic carbocycles. The number of hydrogen-bond donors (Lipinski definition) is 4. The lowest BCUT2D eigenvalue weighted by molar-refractivity contribution is -0.00891. The molecule has 4 N–H and O–H groups in total. The third kappa shape index (κ3) is 5.52. The molecular formula is C27H44O4. The topological polar surface area (TPSA) is 80.9 Å². The van der Waals surface area contributed by atoms with E-state index in [1.54, 1.807) is 6.92 Å². The van der Waals surface area contributed by atoms with Crippen LogP contribution < -0.4 is 0 Å². The number of fused-ring (bicyclic) bond motifs is 1. The van der Waals surface area contributed by atoms with Crippen LogP contribution in [0.15, 0.2) is 35.5 Å². The van der Waals surface area contributed by atoms with Gasteiger partial charge in [-0.2, -0.15) is 0 Å². The van der Waals surface area contributed by atoms with Crippen LogP contribution in [-0.4, -0.2) is 44.8 Å². The molecule has 0 unspecified atom stereocenters. The molecule has 3 aliphatic rings. The molecule has 0 saturated heterocycles. The summed E-state index contributed by atoms with van der Waals surface area (Å²) in [5.74, 6) is 1.92. The van der Waals surface area contributed by atoms with Crippen molar-refractivity contribution in [2.24, 2.45) is 23.2 Å². The Balaban J connectivity index is 1.68. The van der Waals surface area contributed by atoms with Crippen LogP contribution in [0.1, 0.15) is 85.0 Å². The van der Waals surface area contributed by atoms with E-state index < -0.39 is 17.8 Å². The van der Waals surface area contributed by atoms with Crippen molar-refractivity contribution in [3.63, 3.8) is 0 Å². The van der Waals surface area contributed by atoms with E-state index in [2.05, 4.69) is 32.6 Å². The van der Waals surface area contributed by atoms with Gasteiger partial charge in [0, 0.05) is 6.42 Å². The van der Waals surface area contributed by atoms with Gasteiger partial charge in [-0.05, 0) is 86.2 Å². The van der Waals surface area contributed by atoms with Crippen molar-refractivity contribution in [2.75, 3.05) is 6.61 Å². The molecule has 4 heteroatoms. The highest BCUT2D eigenvalue weighted by atomic mass is 16.3. The first-order valence-corrected chi connectivity index (χ1v) is 12.4. The van der Waals surface area contributed by atoms with E-state index in [4.69, 9.17) is 0 Å². The molecule has 3 saturated carbocycles. The van der Waals surface area contributed by atoms with Gasteiger partial charge in [-0.1, -0.05) is 51.0 Å². The van der Waals surface area contributed by atoms with E-state index in [1.165, 1.54) is 31.3 Å². The Labute approximate surface area is 188 Å². The molecule has 0 aromatic heterocycles. The Morgan fingerprint density at radius 3 is 2.71 bits per heavy atom. The maximum atomic E-state index is 10.1. The Morgan fingerprint density at radius 2 is 2.00 bits per heavy atom.